The molecule has 2 aliphatic rings. The summed E-state index contributed by atoms with van der Waals surface area (Å²) in [5.74, 6) is 2.00. The standard InChI is InChI=1S/C24H35N5O2/c1-27-10-12-29(13-11-27)24(30)15-19-8-9-25-17-20(19)14-21-16-23(31-26-21)18-28(2)22-6-4-3-5-7-22/h3-7,16,19-20,25H,8-15,17-18H2,1-2H3/t19-,20+/m1/s1. The van der Waals surface area contributed by atoms with Crippen molar-refractivity contribution in [2.24, 2.45) is 11.8 Å². The maximum atomic E-state index is 12.9. The summed E-state index contributed by atoms with van der Waals surface area (Å²) in [6.07, 6.45) is 2.55. The Bertz CT molecular complexity index is 832. The van der Waals surface area contributed by atoms with Gasteiger partial charge in [0.05, 0.1) is 12.2 Å². The molecule has 2 atom stereocenters. The molecule has 0 aliphatic carbocycles. The smallest absolute Gasteiger partial charge is 0.222 e. The van der Waals surface area contributed by atoms with Crippen molar-refractivity contribution >= 4 is 11.6 Å². The van der Waals surface area contributed by atoms with E-state index in [2.05, 4.69) is 52.6 Å². The SMILES string of the molecule is CN1CCN(C(=O)C[C@H]2CCNC[C@@H]2Cc2cc(CN(C)c3ccccc3)on2)CC1. The van der Waals surface area contributed by atoms with Crippen molar-refractivity contribution < 1.29 is 9.32 Å². The van der Waals surface area contributed by atoms with Crippen molar-refractivity contribution in [2.75, 3.05) is 58.3 Å². The Balaban J connectivity index is 1.32. The van der Waals surface area contributed by atoms with Crippen molar-refractivity contribution in [3.63, 3.8) is 0 Å². The molecule has 1 aromatic carbocycles. The molecule has 0 radical (unpaired) electrons. The molecule has 2 fully saturated rings. The molecule has 2 saturated heterocycles. The highest BCUT2D eigenvalue weighted by Gasteiger charge is 2.30. The lowest BCUT2D eigenvalue weighted by molar-refractivity contribution is -0.134. The number of likely N-dealkylation sites (N-methyl/N-ethyl adjacent to an activating group) is 1. The number of piperazine rings is 1. The van der Waals surface area contributed by atoms with Gasteiger partial charge in [0.15, 0.2) is 5.76 Å². The third kappa shape index (κ3) is 5.86. The molecule has 168 valence electrons. The minimum atomic E-state index is 0.315. The number of nitrogens with zero attached hydrogens (tertiary/aromatic N) is 4. The summed E-state index contributed by atoms with van der Waals surface area (Å²) >= 11 is 0. The van der Waals surface area contributed by atoms with Gasteiger partial charge in [0.1, 0.15) is 0 Å². The number of piperidine rings is 1. The molecule has 4 rings (SSSR count). The quantitative estimate of drug-likeness (QED) is 0.734. The number of carbonyl (C=O) groups is 1. The second kappa shape index (κ2) is 10.3. The highest BCUT2D eigenvalue weighted by molar-refractivity contribution is 5.76. The van der Waals surface area contributed by atoms with Crippen LogP contribution in [-0.2, 0) is 17.8 Å². The Labute approximate surface area is 185 Å². The lowest BCUT2D eigenvalue weighted by Crippen LogP contribution is -2.48. The van der Waals surface area contributed by atoms with E-state index in [1.165, 1.54) is 0 Å². The summed E-state index contributed by atoms with van der Waals surface area (Å²) in [4.78, 5) is 19.4. The molecule has 1 N–H and O–H groups in total. The molecule has 7 nitrogen and oxygen atoms in total. The van der Waals surface area contributed by atoms with Gasteiger partial charge in [0.25, 0.3) is 0 Å². The van der Waals surface area contributed by atoms with Crippen molar-refractivity contribution in [3.8, 4) is 0 Å². The van der Waals surface area contributed by atoms with Crippen LogP contribution in [0.15, 0.2) is 40.9 Å². The van der Waals surface area contributed by atoms with Crippen molar-refractivity contribution in [1.82, 2.24) is 20.3 Å². The summed E-state index contributed by atoms with van der Waals surface area (Å²) in [7, 11) is 4.18. The van der Waals surface area contributed by atoms with E-state index in [0.29, 0.717) is 30.7 Å². The molecule has 0 saturated carbocycles. The third-order valence-electron chi connectivity index (χ3n) is 6.73. The predicted octanol–water partition coefficient (Wildman–Crippen LogP) is 2.24. The van der Waals surface area contributed by atoms with E-state index < -0.39 is 0 Å². The van der Waals surface area contributed by atoms with Crippen LogP contribution in [0.5, 0.6) is 0 Å². The first-order chi connectivity index (χ1) is 15.1. The molecule has 1 aromatic heterocycles. The minimum Gasteiger partial charge on any atom is -0.367 e. The number of nitrogens with one attached hydrogen (secondary N) is 1. The van der Waals surface area contributed by atoms with Crippen LogP contribution in [0.1, 0.15) is 24.3 Å². The predicted molar refractivity (Wildman–Crippen MR) is 122 cm³/mol. The number of carbonyl (C=O) groups excluding carboxylic acids is 1. The fourth-order valence-corrected chi connectivity index (χ4v) is 4.70. The number of amides is 1. The number of benzene rings is 1. The van der Waals surface area contributed by atoms with Crippen LogP contribution < -0.4 is 10.2 Å². The van der Waals surface area contributed by atoms with Gasteiger partial charge in [-0.05, 0) is 56.9 Å². The average molecular weight is 426 g/mol. The maximum absolute atomic E-state index is 12.9. The van der Waals surface area contributed by atoms with E-state index >= 15 is 0 Å². The van der Waals surface area contributed by atoms with Gasteiger partial charge >= 0.3 is 0 Å². The zero-order chi connectivity index (χ0) is 21.6. The Morgan fingerprint density at radius 1 is 1.19 bits per heavy atom. The van der Waals surface area contributed by atoms with E-state index in [1.54, 1.807) is 0 Å². The van der Waals surface area contributed by atoms with Crippen LogP contribution in [0.4, 0.5) is 5.69 Å². The summed E-state index contributed by atoms with van der Waals surface area (Å²) in [5.41, 5.74) is 2.14. The lowest BCUT2D eigenvalue weighted by Gasteiger charge is -2.36. The van der Waals surface area contributed by atoms with Crippen molar-refractivity contribution in [2.45, 2.75) is 25.8 Å². The zero-order valence-electron chi connectivity index (χ0n) is 18.8. The van der Waals surface area contributed by atoms with Gasteiger partial charge in [0.2, 0.25) is 5.91 Å². The highest BCUT2D eigenvalue weighted by atomic mass is 16.5. The van der Waals surface area contributed by atoms with Gasteiger partial charge in [-0.2, -0.15) is 0 Å². The monoisotopic (exact) mass is 425 g/mol. The van der Waals surface area contributed by atoms with Gasteiger partial charge < -0.3 is 24.5 Å². The van der Waals surface area contributed by atoms with Gasteiger partial charge in [-0.15, -0.1) is 0 Å². The van der Waals surface area contributed by atoms with Gasteiger partial charge in [-0.1, -0.05) is 23.4 Å². The summed E-state index contributed by atoms with van der Waals surface area (Å²) in [5, 5.41) is 7.84. The molecular formula is C24H35N5O2. The number of hydrogen-bond donors (Lipinski definition) is 1. The van der Waals surface area contributed by atoms with Gasteiger partial charge in [-0.3, -0.25) is 4.79 Å². The van der Waals surface area contributed by atoms with E-state index in [-0.39, 0.29) is 0 Å². The molecule has 2 aliphatic heterocycles. The normalized spacial score (nSPS) is 22.5. The van der Waals surface area contributed by atoms with E-state index in [0.717, 1.165) is 69.3 Å². The first kappa shape index (κ1) is 21.8. The maximum Gasteiger partial charge on any atom is 0.222 e. The topological polar surface area (TPSA) is 64.8 Å². The van der Waals surface area contributed by atoms with Gasteiger partial charge in [0, 0.05) is 51.4 Å². The fraction of sp³-hybridized carbons (Fsp3) is 0.583. The first-order valence-corrected chi connectivity index (χ1v) is 11.5. The van der Waals surface area contributed by atoms with Crippen LogP contribution in [0.2, 0.25) is 0 Å². The van der Waals surface area contributed by atoms with Crippen LogP contribution in [0, 0.1) is 11.8 Å². The lowest BCUT2D eigenvalue weighted by atomic mass is 9.81. The Morgan fingerprint density at radius 2 is 1.97 bits per heavy atom. The Hall–Kier alpha value is -2.38. The number of hydrogen-bond acceptors (Lipinski definition) is 6. The Morgan fingerprint density at radius 3 is 2.74 bits per heavy atom. The number of para-hydroxylation sites is 1. The second-order valence-corrected chi connectivity index (χ2v) is 9.08. The van der Waals surface area contributed by atoms with Crippen LogP contribution in [-0.4, -0.2) is 74.2 Å². The number of anilines is 1. The molecule has 3 heterocycles. The zero-order valence-corrected chi connectivity index (χ0v) is 18.8. The molecule has 0 bridgehead atoms. The van der Waals surface area contributed by atoms with Crippen molar-refractivity contribution in [1.29, 1.82) is 0 Å². The van der Waals surface area contributed by atoms with Gasteiger partial charge in [-0.25, -0.2) is 0 Å². The molecule has 1 amide bonds. The Kier molecular flexibility index (Phi) is 7.25. The minimum absolute atomic E-state index is 0.315. The fourth-order valence-electron chi connectivity index (χ4n) is 4.70. The van der Waals surface area contributed by atoms with E-state index in [4.69, 9.17) is 4.52 Å². The summed E-state index contributed by atoms with van der Waals surface area (Å²) < 4.78 is 5.63. The molecule has 7 heteroatoms. The van der Waals surface area contributed by atoms with Crippen LogP contribution in [0.25, 0.3) is 0 Å². The largest absolute Gasteiger partial charge is 0.367 e. The second-order valence-electron chi connectivity index (χ2n) is 9.08. The molecule has 0 unspecified atom stereocenters. The number of aromatic nitrogens is 1. The van der Waals surface area contributed by atoms with Crippen LogP contribution in [0.3, 0.4) is 0 Å². The third-order valence-corrected chi connectivity index (χ3v) is 6.73. The average Bonchev–Trinajstić information content (AvgIpc) is 3.23. The first-order valence-electron chi connectivity index (χ1n) is 11.5. The number of rotatable bonds is 7. The van der Waals surface area contributed by atoms with Crippen LogP contribution >= 0.6 is 0 Å². The summed E-state index contributed by atoms with van der Waals surface area (Å²) in [6, 6.07) is 12.4. The molecule has 31 heavy (non-hydrogen) atoms. The highest BCUT2D eigenvalue weighted by Crippen LogP contribution is 2.27. The van der Waals surface area contributed by atoms with Crippen molar-refractivity contribution in [3.05, 3.63) is 47.9 Å². The van der Waals surface area contributed by atoms with E-state index in [9.17, 15) is 4.79 Å². The summed E-state index contributed by atoms with van der Waals surface area (Å²) in [6.45, 7) is 6.27. The molecular weight excluding hydrogens is 390 g/mol. The van der Waals surface area contributed by atoms with E-state index in [1.807, 2.05) is 23.1 Å². The molecule has 2 aromatic rings. The molecule has 0 spiro atoms.